The number of hydrogen-bond acceptors (Lipinski definition) is 2. The van der Waals surface area contributed by atoms with Crippen LogP contribution in [0.15, 0.2) is 0 Å². The van der Waals surface area contributed by atoms with Gasteiger partial charge < -0.3 is 11.1 Å². The van der Waals surface area contributed by atoms with E-state index in [4.69, 9.17) is 5.73 Å². The van der Waals surface area contributed by atoms with E-state index in [-0.39, 0.29) is 11.9 Å². The standard InChI is InChI=1S/C10H22N2O/c1-6-7(2)8(3)12-9(13)10(4,5)11/h7-8H,6,11H2,1-5H3,(H,12,13). The van der Waals surface area contributed by atoms with Gasteiger partial charge in [-0.15, -0.1) is 0 Å². The lowest BCUT2D eigenvalue weighted by Gasteiger charge is -2.25. The van der Waals surface area contributed by atoms with Crippen LogP contribution in [-0.4, -0.2) is 17.5 Å². The molecule has 0 aliphatic heterocycles. The molecule has 3 heteroatoms. The molecular formula is C10H22N2O. The largest absolute Gasteiger partial charge is 0.352 e. The third-order valence-electron chi connectivity index (χ3n) is 2.44. The SMILES string of the molecule is CCC(C)C(C)NC(=O)C(C)(C)N. The summed E-state index contributed by atoms with van der Waals surface area (Å²) in [6.07, 6.45) is 1.06. The Balaban J connectivity index is 4.07. The number of rotatable bonds is 4. The maximum absolute atomic E-state index is 11.5. The summed E-state index contributed by atoms with van der Waals surface area (Å²) in [4.78, 5) is 11.5. The van der Waals surface area contributed by atoms with Crippen molar-refractivity contribution >= 4 is 5.91 Å². The van der Waals surface area contributed by atoms with Gasteiger partial charge in [-0.05, 0) is 26.7 Å². The summed E-state index contributed by atoms with van der Waals surface area (Å²) in [5, 5.41) is 2.91. The lowest BCUT2D eigenvalue weighted by molar-refractivity contribution is -0.126. The highest BCUT2D eigenvalue weighted by molar-refractivity contribution is 5.85. The first-order chi connectivity index (χ1) is 5.79. The molecule has 3 N–H and O–H groups in total. The fourth-order valence-corrected chi connectivity index (χ4v) is 0.889. The lowest BCUT2D eigenvalue weighted by atomic mass is 9.99. The molecule has 2 atom stereocenters. The summed E-state index contributed by atoms with van der Waals surface area (Å²) >= 11 is 0. The van der Waals surface area contributed by atoms with Crippen molar-refractivity contribution in [1.82, 2.24) is 5.32 Å². The second-order valence-electron chi connectivity index (χ2n) is 4.37. The first kappa shape index (κ1) is 12.4. The van der Waals surface area contributed by atoms with Gasteiger partial charge in [0.1, 0.15) is 0 Å². The summed E-state index contributed by atoms with van der Waals surface area (Å²) in [7, 11) is 0. The van der Waals surface area contributed by atoms with Crippen molar-refractivity contribution in [3.05, 3.63) is 0 Å². The van der Waals surface area contributed by atoms with Crippen molar-refractivity contribution in [1.29, 1.82) is 0 Å². The fourth-order valence-electron chi connectivity index (χ4n) is 0.889. The van der Waals surface area contributed by atoms with Crippen molar-refractivity contribution < 1.29 is 4.79 Å². The Kier molecular flexibility index (Phi) is 4.40. The average Bonchev–Trinajstić information content (AvgIpc) is 2.01. The molecular weight excluding hydrogens is 164 g/mol. The normalized spacial score (nSPS) is 16.5. The second-order valence-corrected chi connectivity index (χ2v) is 4.37. The molecule has 13 heavy (non-hydrogen) atoms. The van der Waals surface area contributed by atoms with E-state index in [1.165, 1.54) is 0 Å². The van der Waals surface area contributed by atoms with Crippen LogP contribution in [0, 0.1) is 5.92 Å². The van der Waals surface area contributed by atoms with Crippen molar-refractivity contribution in [3.8, 4) is 0 Å². The van der Waals surface area contributed by atoms with Crippen LogP contribution in [0.3, 0.4) is 0 Å². The van der Waals surface area contributed by atoms with E-state index in [0.717, 1.165) is 6.42 Å². The predicted octanol–water partition coefficient (Wildman–Crippen LogP) is 1.27. The Morgan fingerprint density at radius 3 is 2.23 bits per heavy atom. The molecule has 0 heterocycles. The summed E-state index contributed by atoms with van der Waals surface area (Å²) in [6, 6.07) is 0.195. The maximum atomic E-state index is 11.5. The molecule has 2 unspecified atom stereocenters. The number of amides is 1. The van der Waals surface area contributed by atoms with Crippen molar-refractivity contribution in [2.45, 2.75) is 52.6 Å². The van der Waals surface area contributed by atoms with E-state index >= 15 is 0 Å². The molecule has 0 aromatic heterocycles. The minimum absolute atomic E-state index is 0.0831. The topological polar surface area (TPSA) is 55.1 Å². The van der Waals surface area contributed by atoms with Gasteiger partial charge in [0.25, 0.3) is 0 Å². The van der Waals surface area contributed by atoms with Crippen LogP contribution in [0.4, 0.5) is 0 Å². The molecule has 0 radical (unpaired) electrons. The van der Waals surface area contributed by atoms with Crippen LogP contribution in [0.25, 0.3) is 0 Å². The highest BCUT2D eigenvalue weighted by Gasteiger charge is 2.24. The molecule has 0 saturated carbocycles. The molecule has 0 saturated heterocycles. The van der Waals surface area contributed by atoms with Gasteiger partial charge in [-0.2, -0.15) is 0 Å². The number of hydrogen-bond donors (Lipinski definition) is 2. The van der Waals surface area contributed by atoms with E-state index in [1.54, 1.807) is 13.8 Å². The number of carbonyl (C=O) groups is 1. The van der Waals surface area contributed by atoms with E-state index < -0.39 is 5.54 Å². The van der Waals surface area contributed by atoms with Crippen LogP contribution >= 0.6 is 0 Å². The highest BCUT2D eigenvalue weighted by Crippen LogP contribution is 2.07. The van der Waals surface area contributed by atoms with Crippen LogP contribution in [0.5, 0.6) is 0 Å². The van der Waals surface area contributed by atoms with E-state index in [2.05, 4.69) is 19.2 Å². The first-order valence-electron chi connectivity index (χ1n) is 4.88. The molecule has 78 valence electrons. The Bertz CT molecular complexity index is 172. The summed E-state index contributed by atoms with van der Waals surface area (Å²) in [5.74, 6) is 0.409. The molecule has 0 bridgehead atoms. The highest BCUT2D eigenvalue weighted by atomic mass is 16.2. The van der Waals surface area contributed by atoms with Crippen LogP contribution in [0.2, 0.25) is 0 Å². The number of nitrogens with one attached hydrogen (secondary N) is 1. The minimum Gasteiger partial charge on any atom is -0.352 e. The van der Waals surface area contributed by atoms with Gasteiger partial charge in [-0.3, -0.25) is 4.79 Å². The zero-order valence-electron chi connectivity index (χ0n) is 9.35. The van der Waals surface area contributed by atoms with Crippen LogP contribution in [-0.2, 0) is 4.79 Å². The van der Waals surface area contributed by atoms with Gasteiger partial charge >= 0.3 is 0 Å². The van der Waals surface area contributed by atoms with Gasteiger partial charge in [0.2, 0.25) is 5.91 Å². The average molecular weight is 186 g/mol. The molecule has 0 aromatic carbocycles. The van der Waals surface area contributed by atoms with Crippen molar-refractivity contribution in [3.63, 3.8) is 0 Å². The molecule has 0 aromatic rings. The number of carbonyl (C=O) groups excluding carboxylic acids is 1. The third kappa shape index (κ3) is 4.27. The lowest BCUT2D eigenvalue weighted by Crippen LogP contribution is -2.52. The summed E-state index contributed by atoms with van der Waals surface area (Å²) in [6.45, 7) is 9.67. The molecule has 3 nitrogen and oxygen atoms in total. The molecule has 0 spiro atoms. The maximum Gasteiger partial charge on any atom is 0.239 e. The van der Waals surface area contributed by atoms with Crippen molar-refractivity contribution in [2.24, 2.45) is 11.7 Å². The Hall–Kier alpha value is -0.570. The predicted molar refractivity (Wildman–Crippen MR) is 55.3 cm³/mol. The Morgan fingerprint density at radius 1 is 1.46 bits per heavy atom. The van der Waals surface area contributed by atoms with Gasteiger partial charge in [0, 0.05) is 6.04 Å². The Labute approximate surface area is 81.1 Å². The smallest absolute Gasteiger partial charge is 0.239 e. The third-order valence-corrected chi connectivity index (χ3v) is 2.44. The molecule has 0 aliphatic rings. The van der Waals surface area contributed by atoms with Crippen molar-refractivity contribution in [2.75, 3.05) is 0 Å². The molecule has 0 aliphatic carbocycles. The van der Waals surface area contributed by atoms with Gasteiger partial charge in [-0.1, -0.05) is 20.3 Å². The van der Waals surface area contributed by atoms with E-state index in [0.29, 0.717) is 5.92 Å². The van der Waals surface area contributed by atoms with Gasteiger partial charge in [0.15, 0.2) is 0 Å². The minimum atomic E-state index is -0.776. The fraction of sp³-hybridized carbons (Fsp3) is 0.900. The summed E-state index contributed by atoms with van der Waals surface area (Å²) < 4.78 is 0. The second kappa shape index (κ2) is 4.61. The first-order valence-corrected chi connectivity index (χ1v) is 4.88. The zero-order valence-corrected chi connectivity index (χ0v) is 9.35. The van der Waals surface area contributed by atoms with E-state index in [9.17, 15) is 4.79 Å². The molecule has 0 fully saturated rings. The zero-order chi connectivity index (χ0) is 10.6. The summed E-state index contributed by atoms with van der Waals surface area (Å²) in [5.41, 5.74) is 4.88. The van der Waals surface area contributed by atoms with Crippen LogP contribution < -0.4 is 11.1 Å². The quantitative estimate of drug-likeness (QED) is 0.694. The van der Waals surface area contributed by atoms with E-state index in [1.807, 2.05) is 6.92 Å². The monoisotopic (exact) mass is 186 g/mol. The molecule has 0 rings (SSSR count). The number of nitrogens with two attached hydrogens (primary N) is 1. The molecule has 1 amide bonds. The van der Waals surface area contributed by atoms with Gasteiger partial charge in [0.05, 0.1) is 5.54 Å². The van der Waals surface area contributed by atoms with Gasteiger partial charge in [-0.25, -0.2) is 0 Å². The Morgan fingerprint density at radius 2 is 1.92 bits per heavy atom. The van der Waals surface area contributed by atoms with Crippen LogP contribution in [0.1, 0.15) is 41.0 Å².